The number of pyridine rings is 2. The summed E-state index contributed by atoms with van der Waals surface area (Å²) in [6.45, 7) is 0. The van der Waals surface area contributed by atoms with Crippen LogP contribution in [0.1, 0.15) is 0 Å². The molecule has 0 atom stereocenters. The molecular formula is C58H50ClCuN6O6P4. The van der Waals surface area contributed by atoms with Crippen LogP contribution in [0.4, 0.5) is 23.3 Å². The number of hydrogen-bond acceptors (Lipinski definition) is 10. The summed E-state index contributed by atoms with van der Waals surface area (Å²) >= 11 is 0. The molecule has 0 spiro atoms. The summed E-state index contributed by atoms with van der Waals surface area (Å²) in [4.78, 5) is 9.64. The number of anilines is 4. The summed E-state index contributed by atoms with van der Waals surface area (Å²) in [6.07, 6.45) is 0. The smallest absolute Gasteiger partial charge is 0.342 e. The van der Waals surface area contributed by atoms with Gasteiger partial charge in [-0.05, 0) is 72.8 Å². The zero-order valence-corrected chi connectivity index (χ0v) is 45.6. The van der Waals surface area contributed by atoms with E-state index in [-0.39, 0.29) is 17.1 Å². The third kappa shape index (κ3) is 16.1. The van der Waals surface area contributed by atoms with E-state index in [1.807, 2.05) is 182 Å². The van der Waals surface area contributed by atoms with Gasteiger partial charge in [-0.2, -0.15) is 0 Å². The van der Waals surface area contributed by atoms with Crippen LogP contribution in [0, 0.1) is 10.2 Å². The summed E-state index contributed by atoms with van der Waals surface area (Å²) in [7, 11) is -13.0. The van der Waals surface area contributed by atoms with Crippen LogP contribution in [0.25, 0.3) is 0 Å². The van der Waals surface area contributed by atoms with Crippen LogP contribution in [0.15, 0.2) is 279 Å². The maximum atomic E-state index is 14.4. The Morgan fingerprint density at radius 1 is 0.303 bits per heavy atom. The third-order valence-electron chi connectivity index (χ3n) is 11.0. The Hall–Kier alpha value is -6.77. The van der Waals surface area contributed by atoms with Gasteiger partial charge in [0.1, 0.15) is 23.3 Å². The fourth-order valence-corrected chi connectivity index (χ4v) is 15.7. The van der Waals surface area contributed by atoms with E-state index >= 15 is 0 Å². The van der Waals surface area contributed by atoms with Gasteiger partial charge in [-0.25, -0.2) is 28.6 Å². The Balaban J connectivity index is 0.000000201. The van der Waals surface area contributed by atoms with Gasteiger partial charge in [-0.1, -0.05) is 206 Å². The number of nitrogens with one attached hydrogen (secondary N) is 4. The molecule has 0 amide bonds. The van der Waals surface area contributed by atoms with Crippen LogP contribution < -0.4 is 81.4 Å². The van der Waals surface area contributed by atoms with Crippen LogP contribution in [0.5, 0.6) is 0 Å². The number of halogens is 1. The monoisotopic (exact) mass is 1150 g/mol. The van der Waals surface area contributed by atoms with Crippen molar-refractivity contribution in [3.05, 3.63) is 279 Å². The number of nitrogens with zero attached hydrogens (tertiary/aromatic N) is 2. The van der Waals surface area contributed by atoms with Crippen molar-refractivity contribution in [1.29, 1.82) is 0 Å². The molecule has 2 heterocycles. The van der Waals surface area contributed by atoms with E-state index in [0.29, 0.717) is 11.6 Å². The summed E-state index contributed by atoms with van der Waals surface area (Å²) in [5.74, 6) is 2.56. The van der Waals surface area contributed by atoms with Gasteiger partial charge in [0, 0.05) is 42.4 Å². The Kier molecular flexibility index (Phi) is 20.9. The van der Waals surface area contributed by atoms with E-state index in [9.17, 15) is 9.13 Å². The first-order chi connectivity index (χ1) is 36.4. The Labute approximate surface area is 458 Å². The minimum atomic E-state index is -4.94. The molecule has 0 radical (unpaired) electrons. The maximum absolute atomic E-state index is 14.4. The topological polar surface area (TPSA) is 200 Å². The van der Waals surface area contributed by atoms with Crippen molar-refractivity contribution in [3.63, 3.8) is 0 Å². The molecule has 10 aromatic rings. The Morgan fingerprint density at radius 3 is 0.724 bits per heavy atom. The fourth-order valence-electron chi connectivity index (χ4n) is 7.64. The van der Waals surface area contributed by atoms with Crippen LogP contribution in [0.2, 0.25) is 0 Å². The molecule has 0 aliphatic heterocycles. The second-order valence-corrected chi connectivity index (χ2v) is 25.8. The van der Waals surface area contributed by atoms with Gasteiger partial charge >= 0.3 is 17.1 Å². The molecule has 18 heteroatoms. The first-order valence-corrected chi connectivity index (χ1v) is 30.7. The predicted octanol–water partition coefficient (Wildman–Crippen LogP) is 7.01. The molecule has 0 saturated heterocycles. The van der Waals surface area contributed by atoms with Gasteiger partial charge in [-0.15, -0.1) is 10.2 Å². The van der Waals surface area contributed by atoms with Crippen LogP contribution in [0.3, 0.4) is 0 Å². The zero-order valence-electron chi connectivity index (χ0n) is 40.4. The molecule has 8 aromatic carbocycles. The minimum Gasteiger partial charge on any atom is -0.342 e. The molecule has 0 saturated carbocycles. The van der Waals surface area contributed by atoms with E-state index in [1.165, 1.54) is 21.2 Å². The fraction of sp³-hybridized carbons (Fsp3) is 0. The van der Waals surface area contributed by atoms with E-state index in [2.05, 4.69) is 117 Å². The second kappa shape index (κ2) is 27.8. The Morgan fingerprint density at radius 2 is 0.500 bits per heavy atom. The van der Waals surface area contributed by atoms with Crippen molar-refractivity contribution >= 4 is 96.4 Å². The number of aromatic nitrogens is 2. The molecule has 76 heavy (non-hydrogen) atoms. The molecule has 0 bridgehead atoms. The molecule has 0 aliphatic rings. The molecule has 10 rings (SSSR count). The molecular weight excluding hydrogens is 1100 g/mol. The van der Waals surface area contributed by atoms with Crippen LogP contribution in [-0.4, -0.2) is 9.97 Å². The van der Waals surface area contributed by atoms with Crippen molar-refractivity contribution < 1.29 is 55.1 Å². The molecule has 0 unspecified atom stereocenters. The largest absolute Gasteiger partial charge is 1.00 e. The number of rotatable bonds is 16. The summed E-state index contributed by atoms with van der Waals surface area (Å²) < 4.78 is 62.8. The van der Waals surface area contributed by atoms with Crippen molar-refractivity contribution in [1.82, 2.24) is 9.97 Å². The van der Waals surface area contributed by atoms with Gasteiger partial charge in [-0.3, -0.25) is 9.13 Å². The van der Waals surface area contributed by atoms with Gasteiger partial charge in [0.15, 0.2) is 0 Å². The maximum Gasteiger partial charge on any atom is 1.00 e. The number of benzene rings is 8. The van der Waals surface area contributed by atoms with Crippen LogP contribution >= 0.6 is 30.7 Å². The van der Waals surface area contributed by atoms with E-state index in [0.717, 1.165) is 32.9 Å². The molecule has 0 aliphatic carbocycles. The average molecular weight is 1150 g/mol. The van der Waals surface area contributed by atoms with Gasteiger partial charge in [0.2, 0.25) is 14.6 Å². The molecule has 4 N–H and O–H groups in total. The van der Waals surface area contributed by atoms with E-state index < -0.39 is 41.0 Å². The minimum absolute atomic E-state index is 0. The summed E-state index contributed by atoms with van der Waals surface area (Å²) in [5.41, 5.74) is 0. The van der Waals surface area contributed by atoms with Gasteiger partial charge in [0.05, 0.1) is 16.1 Å². The first-order valence-electron chi connectivity index (χ1n) is 23.3. The zero-order chi connectivity index (χ0) is 52.4. The second-order valence-electron chi connectivity index (χ2n) is 16.2. The SMILES string of the molecule is O=P(Nc1cccc(NP(c2ccccc2)c2ccccc2)n1)(c1ccccc1)c1ccccc1.O=P(Nc1cccc(NP(c2ccccc2)c2ccccc2)n1)(c1ccccc1)c1ccccc1.[Cu+].[O-][Cl+3]([O-])([O-])[O-]. The van der Waals surface area contributed by atoms with Gasteiger partial charge < -0.3 is 20.3 Å². The predicted molar refractivity (Wildman–Crippen MR) is 301 cm³/mol. The molecule has 386 valence electrons. The van der Waals surface area contributed by atoms with Crippen molar-refractivity contribution in [3.8, 4) is 0 Å². The average Bonchev–Trinajstić information content (AvgIpc) is 3.46. The standard InChI is InChI=1S/2C29H25N3OP2.ClHO4.Cu/c2*33-35(26-18-9-3-10-19-26,27-20-11-4-12-21-27)32-29-23-13-22-28(30-29)31-34(24-14-5-1-6-15-24)25-16-7-2-8-17-25;2-1(3,4)5;/h2*1-23H,(H2,30,31,32,33);(H,2,3,4,5);/q;;;+1/p-1. The number of hydrogen-bond donors (Lipinski definition) is 4. The van der Waals surface area contributed by atoms with Crippen molar-refractivity contribution in [2.24, 2.45) is 0 Å². The van der Waals surface area contributed by atoms with Gasteiger partial charge in [0.25, 0.3) is 0 Å². The third-order valence-corrected chi connectivity index (χ3v) is 20.4. The van der Waals surface area contributed by atoms with Crippen molar-refractivity contribution in [2.45, 2.75) is 0 Å². The molecule has 2 aromatic heterocycles. The Bertz CT molecular complexity index is 3020. The summed E-state index contributed by atoms with van der Waals surface area (Å²) in [5, 5.41) is 21.6. The normalized spacial score (nSPS) is 11.1. The molecule has 0 fully saturated rings. The summed E-state index contributed by atoms with van der Waals surface area (Å²) in [6, 6.07) is 91.2. The van der Waals surface area contributed by atoms with Crippen molar-refractivity contribution in [2.75, 3.05) is 20.3 Å². The quantitative estimate of drug-likeness (QED) is 0.0571. The van der Waals surface area contributed by atoms with Crippen LogP contribution in [-0.2, 0) is 26.2 Å². The van der Waals surface area contributed by atoms with E-state index in [4.69, 9.17) is 28.6 Å². The first kappa shape index (κ1) is 56.9. The molecule has 12 nitrogen and oxygen atoms in total. The van der Waals surface area contributed by atoms with E-state index in [1.54, 1.807) is 0 Å².